The first-order chi connectivity index (χ1) is 9.04. The Morgan fingerprint density at radius 2 is 2.32 bits per heavy atom. The quantitative estimate of drug-likeness (QED) is 0.618. The number of non-ortho nitro benzene ring substituents is 1. The number of halogens is 1. The number of likely N-dealkylation sites (tertiary alicyclic amines) is 1. The second-order valence-corrected chi connectivity index (χ2v) is 5.06. The summed E-state index contributed by atoms with van der Waals surface area (Å²) < 4.78 is 0.492. The second-order valence-electron chi connectivity index (χ2n) is 4.21. The highest BCUT2D eigenvalue weighted by atomic mass is 79.9. The highest BCUT2D eigenvalue weighted by Crippen LogP contribution is 2.27. The zero-order valence-corrected chi connectivity index (χ0v) is 11.5. The Kier molecular flexibility index (Phi) is 3.81. The number of benzene rings is 1. The van der Waals surface area contributed by atoms with E-state index in [1.807, 2.05) is 0 Å². The molecule has 1 aromatic rings. The summed E-state index contributed by atoms with van der Waals surface area (Å²) in [7, 11) is 0. The minimum absolute atomic E-state index is 0.140. The van der Waals surface area contributed by atoms with Crippen molar-refractivity contribution in [3.8, 4) is 6.07 Å². The first kappa shape index (κ1) is 13.5. The van der Waals surface area contributed by atoms with Gasteiger partial charge in [0, 0.05) is 23.2 Å². The van der Waals surface area contributed by atoms with Gasteiger partial charge in [0.05, 0.1) is 16.6 Å². The van der Waals surface area contributed by atoms with Gasteiger partial charge in [-0.3, -0.25) is 14.9 Å². The molecule has 0 radical (unpaired) electrons. The summed E-state index contributed by atoms with van der Waals surface area (Å²) in [5.41, 5.74) is 0.0793. The summed E-state index contributed by atoms with van der Waals surface area (Å²) in [4.78, 5) is 24.0. The fourth-order valence-electron chi connectivity index (χ4n) is 2.09. The molecule has 1 aliphatic rings. The van der Waals surface area contributed by atoms with Gasteiger partial charge >= 0.3 is 0 Å². The van der Waals surface area contributed by atoms with E-state index in [-0.39, 0.29) is 17.2 Å². The Bertz CT molecular complexity index is 582. The summed E-state index contributed by atoms with van der Waals surface area (Å²) in [6.07, 6.45) is 1.42. The second kappa shape index (κ2) is 5.36. The molecule has 19 heavy (non-hydrogen) atoms. The monoisotopic (exact) mass is 323 g/mol. The Morgan fingerprint density at radius 1 is 1.58 bits per heavy atom. The van der Waals surface area contributed by atoms with Crippen LogP contribution in [0.5, 0.6) is 0 Å². The van der Waals surface area contributed by atoms with Crippen molar-refractivity contribution in [1.29, 1.82) is 5.26 Å². The van der Waals surface area contributed by atoms with Crippen molar-refractivity contribution in [2.75, 3.05) is 6.54 Å². The first-order valence-corrected chi connectivity index (χ1v) is 6.48. The van der Waals surface area contributed by atoms with E-state index in [0.717, 1.165) is 6.42 Å². The number of hydrogen-bond donors (Lipinski definition) is 0. The smallest absolute Gasteiger partial charge is 0.270 e. The maximum atomic E-state index is 12.3. The maximum Gasteiger partial charge on any atom is 0.270 e. The van der Waals surface area contributed by atoms with Crippen LogP contribution in [-0.4, -0.2) is 28.3 Å². The molecule has 1 saturated heterocycles. The standard InChI is InChI=1S/C12H10BrN3O3/c13-11-4-3-8(16(18)19)6-10(11)12(17)15-5-1-2-9(15)7-14/h3-4,6,9H,1-2,5H2. The fraction of sp³-hybridized carbons (Fsp3) is 0.333. The first-order valence-electron chi connectivity index (χ1n) is 5.69. The number of nitro benzene ring substituents is 1. The Labute approximate surface area is 117 Å². The highest BCUT2D eigenvalue weighted by molar-refractivity contribution is 9.10. The lowest BCUT2D eigenvalue weighted by Crippen LogP contribution is -2.34. The van der Waals surface area contributed by atoms with Crippen LogP contribution in [0.2, 0.25) is 0 Å². The number of carbonyl (C=O) groups excluding carboxylic acids is 1. The zero-order chi connectivity index (χ0) is 14.0. The molecule has 0 aromatic heterocycles. The molecule has 1 amide bonds. The van der Waals surface area contributed by atoms with Crippen LogP contribution in [0.25, 0.3) is 0 Å². The predicted molar refractivity (Wildman–Crippen MR) is 70.5 cm³/mol. The molecule has 0 spiro atoms. The van der Waals surface area contributed by atoms with Crippen LogP contribution >= 0.6 is 15.9 Å². The van der Waals surface area contributed by atoms with E-state index in [4.69, 9.17) is 5.26 Å². The largest absolute Gasteiger partial charge is 0.323 e. The van der Waals surface area contributed by atoms with Crippen molar-refractivity contribution in [2.45, 2.75) is 18.9 Å². The average Bonchev–Trinajstić information content (AvgIpc) is 2.86. The Morgan fingerprint density at radius 3 is 2.95 bits per heavy atom. The number of hydrogen-bond acceptors (Lipinski definition) is 4. The van der Waals surface area contributed by atoms with Crippen molar-refractivity contribution in [3.05, 3.63) is 38.3 Å². The molecule has 2 rings (SSSR count). The van der Waals surface area contributed by atoms with Crippen molar-refractivity contribution >= 4 is 27.5 Å². The van der Waals surface area contributed by atoms with E-state index in [0.29, 0.717) is 17.4 Å². The predicted octanol–water partition coefficient (Wildman–Crippen LogP) is 2.49. The lowest BCUT2D eigenvalue weighted by molar-refractivity contribution is -0.384. The normalized spacial score (nSPS) is 18.1. The summed E-state index contributed by atoms with van der Waals surface area (Å²) in [6, 6.07) is 5.67. The number of nitrogens with zero attached hydrogens (tertiary/aromatic N) is 3. The van der Waals surface area contributed by atoms with E-state index >= 15 is 0 Å². The molecule has 1 aliphatic heterocycles. The van der Waals surface area contributed by atoms with Crippen LogP contribution < -0.4 is 0 Å². The summed E-state index contributed by atoms with van der Waals surface area (Å²) in [5, 5.41) is 19.7. The molecule has 1 heterocycles. The Hall–Kier alpha value is -1.94. The molecule has 1 atom stereocenters. The topological polar surface area (TPSA) is 87.2 Å². The minimum atomic E-state index is -0.547. The van der Waals surface area contributed by atoms with E-state index in [1.54, 1.807) is 0 Å². The maximum absolute atomic E-state index is 12.3. The number of amides is 1. The van der Waals surface area contributed by atoms with Gasteiger partial charge in [-0.05, 0) is 34.8 Å². The zero-order valence-electron chi connectivity index (χ0n) is 9.88. The molecular formula is C12H10BrN3O3. The molecule has 1 aromatic carbocycles. The van der Waals surface area contributed by atoms with E-state index in [9.17, 15) is 14.9 Å². The molecule has 0 aliphatic carbocycles. The fourth-order valence-corrected chi connectivity index (χ4v) is 2.51. The van der Waals surface area contributed by atoms with Gasteiger partial charge in [-0.15, -0.1) is 0 Å². The lowest BCUT2D eigenvalue weighted by atomic mass is 10.1. The third-order valence-corrected chi connectivity index (χ3v) is 3.75. The van der Waals surface area contributed by atoms with Gasteiger partial charge in [0.2, 0.25) is 0 Å². The van der Waals surface area contributed by atoms with Crippen molar-refractivity contribution in [3.63, 3.8) is 0 Å². The molecule has 0 saturated carbocycles. The third-order valence-electron chi connectivity index (χ3n) is 3.05. The minimum Gasteiger partial charge on any atom is -0.323 e. The summed E-state index contributed by atoms with van der Waals surface area (Å²) >= 11 is 3.22. The van der Waals surface area contributed by atoms with Crippen LogP contribution in [0.1, 0.15) is 23.2 Å². The van der Waals surface area contributed by atoms with Crippen molar-refractivity contribution < 1.29 is 9.72 Å². The highest BCUT2D eigenvalue weighted by Gasteiger charge is 2.30. The number of nitro groups is 1. The number of carbonyl (C=O) groups is 1. The molecule has 7 heteroatoms. The lowest BCUT2D eigenvalue weighted by Gasteiger charge is -2.19. The van der Waals surface area contributed by atoms with Crippen LogP contribution in [0.15, 0.2) is 22.7 Å². The summed E-state index contributed by atoms with van der Waals surface area (Å²) in [6.45, 7) is 0.506. The van der Waals surface area contributed by atoms with Crippen LogP contribution in [0.4, 0.5) is 5.69 Å². The van der Waals surface area contributed by atoms with Gasteiger partial charge in [-0.2, -0.15) is 5.26 Å². The molecule has 0 bridgehead atoms. The van der Waals surface area contributed by atoms with Gasteiger partial charge < -0.3 is 4.90 Å². The Balaban J connectivity index is 2.36. The molecular weight excluding hydrogens is 314 g/mol. The van der Waals surface area contributed by atoms with E-state index < -0.39 is 11.0 Å². The molecule has 0 N–H and O–H groups in total. The van der Waals surface area contributed by atoms with E-state index in [1.165, 1.54) is 23.1 Å². The van der Waals surface area contributed by atoms with Gasteiger partial charge in [0.1, 0.15) is 6.04 Å². The average molecular weight is 324 g/mol. The van der Waals surface area contributed by atoms with Crippen molar-refractivity contribution in [2.24, 2.45) is 0 Å². The molecule has 1 unspecified atom stereocenters. The van der Waals surface area contributed by atoms with Crippen molar-refractivity contribution in [1.82, 2.24) is 4.90 Å². The molecule has 1 fully saturated rings. The van der Waals surface area contributed by atoms with Crippen LogP contribution in [0.3, 0.4) is 0 Å². The van der Waals surface area contributed by atoms with Crippen LogP contribution in [-0.2, 0) is 0 Å². The summed E-state index contributed by atoms with van der Waals surface area (Å²) in [5.74, 6) is -0.348. The third kappa shape index (κ3) is 2.58. The molecule has 98 valence electrons. The van der Waals surface area contributed by atoms with Gasteiger partial charge in [0.15, 0.2) is 0 Å². The van der Waals surface area contributed by atoms with Gasteiger partial charge in [0.25, 0.3) is 11.6 Å². The number of nitriles is 1. The van der Waals surface area contributed by atoms with Crippen LogP contribution in [0, 0.1) is 21.4 Å². The molecule has 6 nitrogen and oxygen atoms in total. The van der Waals surface area contributed by atoms with Gasteiger partial charge in [-0.25, -0.2) is 0 Å². The number of rotatable bonds is 2. The van der Waals surface area contributed by atoms with E-state index in [2.05, 4.69) is 22.0 Å². The van der Waals surface area contributed by atoms with Gasteiger partial charge in [-0.1, -0.05) is 0 Å². The SMILES string of the molecule is N#CC1CCCN1C(=O)c1cc([N+](=O)[O-])ccc1Br.